The lowest BCUT2D eigenvalue weighted by atomic mass is 10.2. The standard InChI is InChI=1S/C23H19ClF3N5O2/c1-33-11-12-34-13-19-31-21(29-15-6-4-14(5-7-15)23(25,26)27)16-8-9-18(30-22(16)32-19)20-17(24)3-2-10-28-20/h2-10H,11-13H2,1H3,(H,29,30,31,32). The lowest BCUT2D eigenvalue weighted by molar-refractivity contribution is -0.137. The highest BCUT2D eigenvalue weighted by Gasteiger charge is 2.30. The highest BCUT2D eigenvalue weighted by atomic mass is 35.5. The Labute approximate surface area is 198 Å². The van der Waals surface area contributed by atoms with E-state index in [2.05, 4.69) is 25.3 Å². The molecule has 11 heteroatoms. The highest BCUT2D eigenvalue weighted by molar-refractivity contribution is 6.32. The van der Waals surface area contributed by atoms with E-state index in [1.54, 1.807) is 37.6 Å². The van der Waals surface area contributed by atoms with Crippen LogP contribution >= 0.6 is 11.6 Å². The van der Waals surface area contributed by atoms with Crippen LogP contribution in [0.5, 0.6) is 0 Å². The Morgan fingerprint density at radius 3 is 2.47 bits per heavy atom. The third-order valence-electron chi connectivity index (χ3n) is 4.75. The van der Waals surface area contributed by atoms with Gasteiger partial charge in [-0.1, -0.05) is 11.6 Å². The van der Waals surface area contributed by atoms with E-state index >= 15 is 0 Å². The zero-order chi connectivity index (χ0) is 24.1. The van der Waals surface area contributed by atoms with Crippen molar-refractivity contribution in [3.63, 3.8) is 0 Å². The number of nitrogens with zero attached hydrogens (tertiary/aromatic N) is 4. The topological polar surface area (TPSA) is 82.0 Å². The maximum atomic E-state index is 12.9. The first-order valence-electron chi connectivity index (χ1n) is 10.1. The molecule has 4 rings (SSSR count). The van der Waals surface area contributed by atoms with Gasteiger partial charge in [-0.2, -0.15) is 13.2 Å². The Bertz CT molecular complexity index is 1290. The Kier molecular flexibility index (Phi) is 7.20. The second kappa shape index (κ2) is 10.3. The molecule has 0 spiro atoms. The van der Waals surface area contributed by atoms with Crippen LogP contribution in [0.1, 0.15) is 11.4 Å². The molecule has 0 saturated heterocycles. The van der Waals surface area contributed by atoms with Gasteiger partial charge in [-0.05, 0) is 48.5 Å². The van der Waals surface area contributed by atoms with Crippen molar-refractivity contribution in [1.29, 1.82) is 0 Å². The maximum Gasteiger partial charge on any atom is 0.416 e. The van der Waals surface area contributed by atoms with Gasteiger partial charge in [0.05, 0.1) is 34.9 Å². The van der Waals surface area contributed by atoms with Crippen molar-refractivity contribution < 1.29 is 22.6 Å². The quantitative estimate of drug-likeness (QED) is 0.319. The van der Waals surface area contributed by atoms with E-state index < -0.39 is 11.7 Å². The molecule has 0 aliphatic carbocycles. The van der Waals surface area contributed by atoms with Crippen LogP contribution in [0.25, 0.3) is 22.4 Å². The zero-order valence-electron chi connectivity index (χ0n) is 17.9. The molecule has 3 heterocycles. The normalized spacial score (nSPS) is 11.7. The lowest BCUT2D eigenvalue weighted by Gasteiger charge is -2.13. The smallest absolute Gasteiger partial charge is 0.382 e. The van der Waals surface area contributed by atoms with Gasteiger partial charge in [-0.25, -0.2) is 15.0 Å². The molecule has 34 heavy (non-hydrogen) atoms. The van der Waals surface area contributed by atoms with Crippen molar-refractivity contribution in [1.82, 2.24) is 19.9 Å². The third-order valence-corrected chi connectivity index (χ3v) is 5.05. The van der Waals surface area contributed by atoms with E-state index in [9.17, 15) is 13.2 Å². The van der Waals surface area contributed by atoms with Crippen LogP contribution in [0.4, 0.5) is 24.7 Å². The van der Waals surface area contributed by atoms with Crippen molar-refractivity contribution >= 4 is 34.1 Å². The fraction of sp³-hybridized carbons (Fsp3) is 0.217. The second-order valence-electron chi connectivity index (χ2n) is 7.14. The number of hydrogen-bond donors (Lipinski definition) is 1. The molecule has 0 aliphatic heterocycles. The van der Waals surface area contributed by atoms with E-state index in [0.717, 1.165) is 12.1 Å². The third kappa shape index (κ3) is 5.58. The zero-order valence-corrected chi connectivity index (χ0v) is 18.7. The van der Waals surface area contributed by atoms with Crippen molar-refractivity contribution in [2.45, 2.75) is 12.8 Å². The Morgan fingerprint density at radius 1 is 0.971 bits per heavy atom. The molecule has 0 fully saturated rings. The minimum absolute atomic E-state index is 0.0945. The molecular weight excluding hydrogens is 471 g/mol. The number of alkyl halides is 3. The SMILES string of the molecule is COCCOCc1nc(Nc2ccc(C(F)(F)F)cc2)c2ccc(-c3ncccc3Cl)nc2n1. The van der Waals surface area contributed by atoms with E-state index in [1.807, 2.05) is 0 Å². The number of hydrogen-bond acceptors (Lipinski definition) is 7. The molecule has 0 atom stereocenters. The molecule has 1 aromatic carbocycles. The van der Waals surface area contributed by atoms with E-state index in [4.69, 9.17) is 21.1 Å². The largest absolute Gasteiger partial charge is 0.416 e. The van der Waals surface area contributed by atoms with Gasteiger partial charge >= 0.3 is 6.18 Å². The monoisotopic (exact) mass is 489 g/mol. The molecule has 0 aliphatic rings. The molecule has 0 bridgehead atoms. The summed E-state index contributed by atoms with van der Waals surface area (Å²) in [5.74, 6) is 0.719. The van der Waals surface area contributed by atoms with Gasteiger partial charge in [0.25, 0.3) is 0 Å². The van der Waals surface area contributed by atoms with Crippen LogP contribution in [0.2, 0.25) is 5.02 Å². The van der Waals surface area contributed by atoms with Crippen molar-refractivity contribution in [2.24, 2.45) is 0 Å². The molecule has 0 amide bonds. The predicted octanol–water partition coefficient (Wildman–Crippen LogP) is 5.67. The summed E-state index contributed by atoms with van der Waals surface area (Å²) in [6.45, 7) is 0.846. The van der Waals surface area contributed by atoms with Crippen molar-refractivity contribution in [3.05, 3.63) is 71.1 Å². The molecule has 1 N–H and O–H groups in total. The van der Waals surface area contributed by atoms with Crippen molar-refractivity contribution in [2.75, 3.05) is 25.6 Å². The summed E-state index contributed by atoms with van der Waals surface area (Å²) in [4.78, 5) is 17.9. The minimum atomic E-state index is -4.42. The van der Waals surface area contributed by atoms with Gasteiger partial charge in [0.2, 0.25) is 0 Å². The Morgan fingerprint density at radius 2 is 1.76 bits per heavy atom. The molecule has 0 saturated carbocycles. The number of benzene rings is 1. The van der Waals surface area contributed by atoms with Gasteiger partial charge in [-0.15, -0.1) is 0 Å². The second-order valence-corrected chi connectivity index (χ2v) is 7.54. The Balaban J connectivity index is 1.71. The average molecular weight is 490 g/mol. The van der Waals surface area contributed by atoms with Gasteiger partial charge in [0.1, 0.15) is 18.1 Å². The van der Waals surface area contributed by atoms with E-state index in [-0.39, 0.29) is 6.61 Å². The van der Waals surface area contributed by atoms with Crippen LogP contribution in [0.15, 0.2) is 54.7 Å². The molecular formula is C23H19ClF3N5O2. The minimum Gasteiger partial charge on any atom is -0.382 e. The van der Waals surface area contributed by atoms with Crippen molar-refractivity contribution in [3.8, 4) is 11.4 Å². The fourth-order valence-electron chi connectivity index (χ4n) is 3.11. The number of aromatic nitrogens is 4. The number of pyridine rings is 2. The molecule has 0 unspecified atom stereocenters. The van der Waals surface area contributed by atoms with Gasteiger partial charge < -0.3 is 14.8 Å². The average Bonchev–Trinajstić information content (AvgIpc) is 2.81. The summed E-state index contributed by atoms with van der Waals surface area (Å²) < 4.78 is 49.2. The first-order chi connectivity index (χ1) is 16.3. The molecule has 3 aromatic heterocycles. The maximum absolute atomic E-state index is 12.9. The number of fused-ring (bicyclic) bond motifs is 1. The van der Waals surface area contributed by atoms with E-state index in [1.165, 1.54) is 12.1 Å². The number of rotatable bonds is 8. The number of methoxy groups -OCH3 is 1. The van der Waals surface area contributed by atoms with Crippen LogP contribution in [0.3, 0.4) is 0 Å². The number of nitrogens with one attached hydrogen (secondary N) is 1. The predicted molar refractivity (Wildman–Crippen MR) is 122 cm³/mol. The number of halogens is 4. The van der Waals surface area contributed by atoms with Gasteiger partial charge in [0, 0.05) is 19.0 Å². The molecule has 4 aromatic rings. The molecule has 0 radical (unpaired) electrons. The van der Waals surface area contributed by atoms with Gasteiger partial charge in [-0.3, -0.25) is 4.98 Å². The van der Waals surface area contributed by atoms with Crippen LogP contribution in [-0.2, 0) is 22.3 Å². The first-order valence-corrected chi connectivity index (χ1v) is 10.5. The van der Waals surface area contributed by atoms with Crippen LogP contribution < -0.4 is 5.32 Å². The summed E-state index contributed by atoms with van der Waals surface area (Å²) >= 11 is 6.26. The van der Waals surface area contributed by atoms with Gasteiger partial charge in [0.15, 0.2) is 11.5 Å². The summed E-state index contributed by atoms with van der Waals surface area (Å²) in [5.41, 5.74) is 1.06. The summed E-state index contributed by atoms with van der Waals surface area (Å²) in [5, 5.41) is 4.06. The first kappa shape index (κ1) is 23.8. The van der Waals surface area contributed by atoms with E-state index in [0.29, 0.717) is 58.0 Å². The number of ether oxygens (including phenoxy) is 2. The molecule has 176 valence electrons. The summed E-state index contributed by atoms with van der Waals surface area (Å²) in [7, 11) is 1.57. The Hall–Kier alpha value is -3.34. The lowest BCUT2D eigenvalue weighted by Crippen LogP contribution is -2.08. The van der Waals surface area contributed by atoms with Crippen LogP contribution in [0, 0.1) is 0 Å². The summed E-state index contributed by atoms with van der Waals surface area (Å²) in [6.07, 6.45) is -2.81. The fourth-order valence-corrected chi connectivity index (χ4v) is 3.32. The molecule has 7 nitrogen and oxygen atoms in total. The summed E-state index contributed by atoms with van der Waals surface area (Å²) in [6, 6.07) is 11.6. The van der Waals surface area contributed by atoms with Crippen LogP contribution in [-0.4, -0.2) is 40.3 Å². The number of anilines is 2. The highest BCUT2D eigenvalue weighted by Crippen LogP contribution is 2.32.